The third-order valence-electron chi connectivity index (χ3n) is 3.47. The van der Waals surface area contributed by atoms with Gasteiger partial charge < -0.3 is 5.32 Å². The summed E-state index contributed by atoms with van der Waals surface area (Å²) in [7, 11) is 0. The van der Waals surface area contributed by atoms with E-state index in [1.165, 1.54) is 12.1 Å². The molecule has 24 heavy (non-hydrogen) atoms. The molecule has 3 aromatic rings. The van der Waals surface area contributed by atoms with Gasteiger partial charge >= 0.3 is 0 Å². The van der Waals surface area contributed by atoms with Crippen LogP contribution in [0, 0.1) is 5.82 Å². The number of amides is 1. The summed E-state index contributed by atoms with van der Waals surface area (Å²) in [5.41, 5.74) is 2.51. The van der Waals surface area contributed by atoms with Gasteiger partial charge in [0.25, 0.3) is 5.91 Å². The van der Waals surface area contributed by atoms with Gasteiger partial charge in [0.1, 0.15) is 5.82 Å². The molecular weight excluding hydrogens is 321 g/mol. The molecule has 3 aromatic carbocycles. The smallest absolute Gasteiger partial charge is 0.255 e. The van der Waals surface area contributed by atoms with Gasteiger partial charge in [-0.25, -0.2) is 4.39 Å². The molecule has 0 aromatic heterocycles. The first-order valence-corrected chi connectivity index (χ1v) is 8.53. The van der Waals surface area contributed by atoms with Gasteiger partial charge in [0, 0.05) is 21.9 Å². The number of thioether (sulfide) groups is 1. The Labute approximate surface area is 144 Å². The highest BCUT2D eigenvalue weighted by Crippen LogP contribution is 2.23. The average Bonchev–Trinajstić information content (AvgIpc) is 2.62. The normalized spacial score (nSPS) is 10.4. The van der Waals surface area contributed by atoms with Crippen LogP contribution < -0.4 is 5.32 Å². The van der Waals surface area contributed by atoms with Crippen molar-refractivity contribution in [1.82, 2.24) is 0 Å². The van der Waals surface area contributed by atoms with Crippen molar-refractivity contribution < 1.29 is 9.18 Å². The van der Waals surface area contributed by atoms with Gasteiger partial charge in [-0.2, -0.15) is 0 Å². The van der Waals surface area contributed by atoms with Crippen LogP contribution >= 0.6 is 11.8 Å². The molecule has 0 atom stereocenters. The van der Waals surface area contributed by atoms with Crippen molar-refractivity contribution in [3.63, 3.8) is 0 Å². The molecule has 1 N–H and O–H groups in total. The number of nitrogens with one attached hydrogen (secondary N) is 1. The van der Waals surface area contributed by atoms with Crippen molar-refractivity contribution in [2.45, 2.75) is 10.6 Å². The molecule has 2 nitrogen and oxygen atoms in total. The van der Waals surface area contributed by atoms with E-state index in [0.29, 0.717) is 5.56 Å². The Morgan fingerprint density at radius 1 is 0.875 bits per heavy atom. The fourth-order valence-electron chi connectivity index (χ4n) is 2.17. The Morgan fingerprint density at radius 2 is 1.54 bits per heavy atom. The first-order valence-electron chi connectivity index (χ1n) is 7.54. The van der Waals surface area contributed by atoms with Gasteiger partial charge in [0.2, 0.25) is 0 Å². The quantitative estimate of drug-likeness (QED) is 0.634. The predicted octanol–water partition coefficient (Wildman–Crippen LogP) is 5.37. The highest BCUT2D eigenvalue weighted by Gasteiger charge is 2.06. The van der Waals surface area contributed by atoms with Crippen molar-refractivity contribution in [2.75, 3.05) is 5.32 Å². The number of rotatable bonds is 5. The van der Waals surface area contributed by atoms with Gasteiger partial charge in [0.15, 0.2) is 0 Å². The van der Waals surface area contributed by atoms with Crippen LogP contribution in [0.4, 0.5) is 10.1 Å². The summed E-state index contributed by atoms with van der Waals surface area (Å²) in [6.07, 6.45) is 0. The topological polar surface area (TPSA) is 29.1 Å². The maximum atomic E-state index is 12.9. The summed E-state index contributed by atoms with van der Waals surface area (Å²) in [5, 5.41) is 2.86. The van der Waals surface area contributed by atoms with Crippen molar-refractivity contribution >= 4 is 23.4 Å². The van der Waals surface area contributed by atoms with E-state index in [2.05, 4.69) is 5.32 Å². The van der Waals surface area contributed by atoms with E-state index < -0.39 is 0 Å². The lowest BCUT2D eigenvalue weighted by molar-refractivity contribution is 0.102. The van der Waals surface area contributed by atoms with Crippen molar-refractivity contribution in [2.24, 2.45) is 0 Å². The van der Waals surface area contributed by atoms with Crippen LogP contribution in [-0.2, 0) is 5.75 Å². The first-order chi connectivity index (χ1) is 11.7. The summed E-state index contributed by atoms with van der Waals surface area (Å²) < 4.78 is 12.9. The van der Waals surface area contributed by atoms with Crippen LogP contribution in [0.1, 0.15) is 15.9 Å². The van der Waals surface area contributed by atoms with Gasteiger partial charge in [-0.1, -0.05) is 30.3 Å². The molecule has 0 radical (unpaired) electrons. The van der Waals surface area contributed by atoms with E-state index in [1.54, 1.807) is 23.9 Å². The molecule has 0 bridgehead atoms. The van der Waals surface area contributed by atoms with E-state index >= 15 is 0 Å². The molecule has 0 unspecified atom stereocenters. The Kier molecular flexibility index (Phi) is 5.29. The molecule has 3 rings (SSSR count). The molecule has 0 fully saturated rings. The lowest BCUT2D eigenvalue weighted by atomic mass is 10.1. The maximum absolute atomic E-state index is 12.9. The van der Waals surface area contributed by atoms with E-state index in [9.17, 15) is 9.18 Å². The monoisotopic (exact) mass is 337 g/mol. The number of hydrogen-bond donors (Lipinski definition) is 1. The molecule has 0 aliphatic rings. The lowest BCUT2D eigenvalue weighted by Crippen LogP contribution is -2.11. The van der Waals surface area contributed by atoms with Gasteiger partial charge in [-0.3, -0.25) is 4.79 Å². The highest BCUT2D eigenvalue weighted by atomic mass is 32.2. The molecule has 1 amide bonds. The fraction of sp³-hybridized carbons (Fsp3) is 0.0500. The summed E-state index contributed by atoms with van der Waals surface area (Å²) in [5.74, 6) is 0.415. The molecule has 0 spiro atoms. The van der Waals surface area contributed by atoms with E-state index in [0.717, 1.165) is 21.9 Å². The molecule has 0 saturated carbocycles. The summed E-state index contributed by atoms with van der Waals surface area (Å²) in [6, 6.07) is 23.3. The zero-order valence-electron chi connectivity index (χ0n) is 12.9. The minimum atomic E-state index is -0.229. The first kappa shape index (κ1) is 16.3. The lowest BCUT2D eigenvalue weighted by Gasteiger charge is -2.06. The number of carbonyl (C=O) groups excluding carboxylic acids is 1. The molecular formula is C20H16FNOS. The number of anilines is 1. The third-order valence-corrected chi connectivity index (χ3v) is 4.55. The van der Waals surface area contributed by atoms with Crippen molar-refractivity contribution in [1.29, 1.82) is 0 Å². The van der Waals surface area contributed by atoms with Crippen molar-refractivity contribution in [3.8, 4) is 0 Å². The number of carbonyl (C=O) groups is 1. The SMILES string of the molecule is O=C(Nc1ccccc1)c1ccc(CSc2ccc(F)cc2)cc1. The fourth-order valence-corrected chi connectivity index (χ4v) is 3.03. The number of para-hydroxylation sites is 1. The summed E-state index contributed by atoms with van der Waals surface area (Å²) in [4.78, 5) is 13.2. The van der Waals surface area contributed by atoms with Gasteiger partial charge in [-0.15, -0.1) is 11.8 Å². The van der Waals surface area contributed by atoms with E-state index in [-0.39, 0.29) is 11.7 Å². The number of hydrogen-bond acceptors (Lipinski definition) is 2. The van der Waals surface area contributed by atoms with Crippen LogP contribution in [-0.4, -0.2) is 5.91 Å². The number of halogens is 1. The van der Waals surface area contributed by atoms with Crippen LogP contribution in [0.2, 0.25) is 0 Å². The second-order valence-corrected chi connectivity index (χ2v) is 6.31. The summed E-state index contributed by atoms with van der Waals surface area (Å²) >= 11 is 1.63. The Bertz CT molecular complexity index is 801. The van der Waals surface area contributed by atoms with Gasteiger partial charge in [-0.05, 0) is 54.1 Å². The Hall–Kier alpha value is -2.59. The molecule has 120 valence electrons. The average molecular weight is 337 g/mol. The van der Waals surface area contributed by atoms with Gasteiger partial charge in [0.05, 0.1) is 0 Å². The van der Waals surface area contributed by atoms with E-state index in [1.807, 2.05) is 54.6 Å². The minimum Gasteiger partial charge on any atom is -0.322 e. The zero-order chi connectivity index (χ0) is 16.8. The standard InChI is InChI=1S/C20H16FNOS/c21-17-10-12-19(13-11-17)24-14-15-6-8-16(9-7-15)20(23)22-18-4-2-1-3-5-18/h1-13H,14H2,(H,22,23). The summed E-state index contributed by atoms with van der Waals surface area (Å²) in [6.45, 7) is 0. The second kappa shape index (κ2) is 7.79. The van der Waals surface area contributed by atoms with Crippen molar-refractivity contribution in [3.05, 3.63) is 95.8 Å². The molecule has 0 aliphatic carbocycles. The third kappa shape index (κ3) is 4.46. The maximum Gasteiger partial charge on any atom is 0.255 e. The molecule has 0 saturated heterocycles. The zero-order valence-corrected chi connectivity index (χ0v) is 13.7. The highest BCUT2D eigenvalue weighted by molar-refractivity contribution is 7.98. The molecule has 0 heterocycles. The van der Waals surface area contributed by atoms with Crippen LogP contribution in [0.25, 0.3) is 0 Å². The largest absolute Gasteiger partial charge is 0.322 e. The second-order valence-electron chi connectivity index (χ2n) is 5.26. The van der Waals surface area contributed by atoms with E-state index in [4.69, 9.17) is 0 Å². The van der Waals surface area contributed by atoms with Crippen LogP contribution in [0.3, 0.4) is 0 Å². The predicted molar refractivity (Wildman–Crippen MR) is 96.8 cm³/mol. The Morgan fingerprint density at radius 3 is 2.21 bits per heavy atom. The van der Waals surface area contributed by atoms with Crippen LogP contribution in [0.15, 0.2) is 83.8 Å². The minimum absolute atomic E-state index is 0.126. The number of benzene rings is 3. The molecule has 0 aliphatic heterocycles. The Balaban J connectivity index is 1.58. The molecule has 4 heteroatoms. The van der Waals surface area contributed by atoms with Crippen LogP contribution in [0.5, 0.6) is 0 Å².